The zero-order valence-electron chi connectivity index (χ0n) is 17.8. The van der Waals surface area contributed by atoms with E-state index in [1.54, 1.807) is 7.11 Å². The molecule has 2 N–H and O–H groups in total. The number of ether oxygens (including phenoxy) is 2. The molecule has 1 saturated heterocycles. The standard InChI is InChI=1S/C23H29N3O5/c1-30-18-5-3-2-4-17(18)25-23(29)16-8-6-15(7-9-16)14-24-19-20(22(28)21(19)27)26-10-12-31-13-11-26/h2-5,15-16,24H,6-14H2,1H3,(H,25,29). The van der Waals surface area contributed by atoms with E-state index in [9.17, 15) is 14.4 Å². The lowest BCUT2D eigenvalue weighted by Gasteiger charge is -2.32. The maximum Gasteiger partial charge on any atom is 0.253 e. The van der Waals surface area contributed by atoms with Gasteiger partial charge in [-0.05, 0) is 43.7 Å². The number of carbonyl (C=O) groups excluding carboxylic acids is 1. The van der Waals surface area contributed by atoms with Gasteiger partial charge in [0.05, 0.1) is 26.0 Å². The van der Waals surface area contributed by atoms with Crippen molar-refractivity contribution in [2.24, 2.45) is 11.8 Å². The molecule has 1 saturated carbocycles. The van der Waals surface area contributed by atoms with Crippen molar-refractivity contribution in [3.05, 3.63) is 44.7 Å². The minimum Gasteiger partial charge on any atom is -0.495 e. The summed E-state index contributed by atoms with van der Waals surface area (Å²) >= 11 is 0. The number of hydrogen-bond donors (Lipinski definition) is 2. The summed E-state index contributed by atoms with van der Waals surface area (Å²) in [6.07, 6.45) is 3.41. The van der Waals surface area contributed by atoms with E-state index in [-0.39, 0.29) is 11.8 Å². The number of carbonyl (C=O) groups is 1. The van der Waals surface area contributed by atoms with Gasteiger partial charge in [-0.15, -0.1) is 0 Å². The van der Waals surface area contributed by atoms with Crippen molar-refractivity contribution in [2.45, 2.75) is 25.7 Å². The highest BCUT2D eigenvalue weighted by Crippen LogP contribution is 2.32. The lowest BCUT2D eigenvalue weighted by Crippen LogP contribution is -2.47. The zero-order chi connectivity index (χ0) is 21.8. The molecule has 1 heterocycles. The number of anilines is 3. The summed E-state index contributed by atoms with van der Waals surface area (Å²) < 4.78 is 10.6. The zero-order valence-corrected chi connectivity index (χ0v) is 17.8. The summed E-state index contributed by atoms with van der Waals surface area (Å²) in [7, 11) is 1.59. The first-order valence-corrected chi connectivity index (χ1v) is 10.9. The first-order chi connectivity index (χ1) is 15.1. The number of methoxy groups -OCH3 is 1. The molecule has 31 heavy (non-hydrogen) atoms. The number of nitrogens with one attached hydrogen (secondary N) is 2. The summed E-state index contributed by atoms with van der Waals surface area (Å²) in [5.74, 6) is 1.01. The van der Waals surface area contributed by atoms with E-state index in [0.29, 0.717) is 61.6 Å². The van der Waals surface area contributed by atoms with E-state index in [1.165, 1.54) is 0 Å². The molecule has 0 atom stereocenters. The Labute approximate surface area is 181 Å². The fraction of sp³-hybridized carbons (Fsp3) is 0.522. The minimum atomic E-state index is -0.425. The third-order valence-electron chi connectivity index (χ3n) is 6.36. The van der Waals surface area contributed by atoms with Gasteiger partial charge in [-0.1, -0.05) is 12.1 Å². The maximum absolute atomic E-state index is 12.7. The molecule has 0 unspecified atom stereocenters. The first-order valence-electron chi connectivity index (χ1n) is 10.9. The highest BCUT2D eigenvalue weighted by atomic mass is 16.5. The molecule has 0 radical (unpaired) electrons. The number of benzene rings is 1. The molecule has 0 aromatic heterocycles. The van der Waals surface area contributed by atoms with Gasteiger partial charge in [0.1, 0.15) is 17.1 Å². The van der Waals surface area contributed by atoms with Crippen LogP contribution in [0.2, 0.25) is 0 Å². The minimum absolute atomic E-state index is 0.0213. The Hall–Kier alpha value is -2.87. The van der Waals surface area contributed by atoms with Crippen LogP contribution in [0.15, 0.2) is 33.9 Å². The second-order valence-electron chi connectivity index (χ2n) is 8.27. The van der Waals surface area contributed by atoms with E-state index in [1.807, 2.05) is 29.2 Å². The lowest BCUT2D eigenvalue weighted by atomic mass is 9.81. The van der Waals surface area contributed by atoms with Crippen LogP contribution >= 0.6 is 0 Å². The van der Waals surface area contributed by atoms with Crippen molar-refractivity contribution in [1.29, 1.82) is 0 Å². The number of para-hydroxylation sites is 2. The van der Waals surface area contributed by atoms with Gasteiger partial charge < -0.3 is 25.0 Å². The first kappa shape index (κ1) is 21.4. The molecule has 0 spiro atoms. The third-order valence-corrected chi connectivity index (χ3v) is 6.36. The van der Waals surface area contributed by atoms with Gasteiger partial charge >= 0.3 is 0 Å². The molecular weight excluding hydrogens is 398 g/mol. The fourth-order valence-corrected chi connectivity index (χ4v) is 4.49. The normalized spacial score (nSPS) is 21.6. The number of hydrogen-bond acceptors (Lipinski definition) is 7. The van der Waals surface area contributed by atoms with E-state index in [4.69, 9.17) is 9.47 Å². The molecule has 0 bridgehead atoms. The van der Waals surface area contributed by atoms with Crippen LogP contribution in [-0.2, 0) is 9.53 Å². The lowest BCUT2D eigenvalue weighted by molar-refractivity contribution is -0.121. The Kier molecular flexibility index (Phi) is 6.56. The van der Waals surface area contributed by atoms with Gasteiger partial charge in [0.2, 0.25) is 5.91 Å². The molecule has 166 valence electrons. The monoisotopic (exact) mass is 427 g/mol. The van der Waals surface area contributed by atoms with Gasteiger partial charge in [-0.25, -0.2) is 0 Å². The van der Waals surface area contributed by atoms with E-state index in [2.05, 4.69) is 10.6 Å². The van der Waals surface area contributed by atoms with E-state index < -0.39 is 10.9 Å². The van der Waals surface area contributed by atoms with Gasteiger partial charge in [-0.3, -0.25) is 14.4 Å². The Morgan fingerprint density at radius 2 is 1.81 bits per heavy atom. The van der Waals surface area contributed by atoms with Crippen LogP contribution < -0.4 is 31.1 Å². The average Bonchev–Trinajstić information content (AvgIpc) is 2.82. The van der Waals surface area contributed by atoms with Crippen LogP contribution in [0.1, 0.15) is 25.7 Å². The molecule has 2 aromatic rings. The predicted octanol–water partition coefficient (Wildman–Crippen LogP) is 1.98. The summed E-state index contributed by atoms with van der Waals surface area (Å²) in [5, 5.41) is 6.21. The number of nitrogens with zero attached hydrogens (tertiary/aromatic N) is 1. The van der Waals surface area contributed by atoms with Crippen LogP contribution in [0.3, 0.4) is 0 Å². The van der Waals surface area contributed by atoms with Crippen molar-refractivity contribution in [2.75, 3.05) is 55.5 Å². The highest BCUT2D eigenvalue weighted by Gasteiger charge is 2.30. The third kappa shape index (κ3) is 4.58. The van der Waals surface area contributed by atoms with Crippen molar-refractivity contribution in [3.8, 4) is 5.75 Å². The smallest absolute Gasteiger partial charge is 0.253 e. The average molecular weight is 428 g/mol. The molecule has 2 aliphatic rings. The number of amides is 1. The summed E-state index contributed by atoms with van der Waals surface area (Å²) in [6, 6.07) is 7.40. The Balaban J connectivity index is 1.27. The van der Waals surface area contributed by atoms with Crippen molar-refractivity contribution in [3.63, 3.8) is 0 Å². The molecule has 2 aromatic carbocycles. The van der Waals surface area contributed by atoms with E-state index >= 15 is 0 Å². The molecule has 2 fully saturated rings. The topological polar surface area (TPSA) is 97.0 Å². The number of morpholine rings is 1. The van der Waals surface area contributed by atoms with Crippen LogP contribution in [0, 0.1) is 11.8 Å². The van der Waals surface area contributed by atoms with Crippen LogP contribution in [0.4, 0.5) is 17.1 Å². The molecule has 8 heteroatoms. The second kappa shape index (κ2) is 9.51. The van der Waals surface area contributed by atoms with Crippen LogP contribution in [-0.4, -0.2) is 45.9 Å². The van der Waals surface area contributed by atoms with Gasteiger partial charge in [0.25, 0.3) is 10.9 Å². The SMILES string of the molecule is COc1ccccc1NC(=O)C1CCC(CNc2c(N3CCOCC3)c(=O)c2=O)CC1. The number of rotatable bonds is 7. The Morgan fingerprint density at radius 1 is 1.10 bits per heavy atom. The molecule has 8 nitrogen and oxygen atoms in total. The second-order valence-corrected chi connectivity index (χ2v) is 8.27. The van der Waals surface area contributed by atoms with E-state index in [0.717, 1.165) is 25.7 Å². The van der Waals surface area contributed by atoms with Crippen LogP contribution in [0.25, 0.3) is 0 Å². The molecule has 1 aliphatic heterocycles. The predicted molar refractivity (Wildman–Crippen MR) is 120 cm³/mol. The summed E-state index contributed by atoms with van der Waals surface area (Å²) in [4.78, 5) is 38.7. The van der Waals surface area contributed by atoms with Gasteiger partial charge in [0.15, 0.2) is 0 Å². The summed E-state index contributed by atoms with van der Waals surface area (Å²) in [5.41, 5.74) is 0.822. The molecular formula is C23H29N3O5. The van der Waals surface area contributed by atoms with Crippen molar-refractivity contribution < 1.29 is 14.3 Å². The van der Waals surface area contributed by atoms with Crippen molar-refractivity contribution in [1.82, 2.24) is 0 Å². The maximum atomic E-state index is 12.7. The Morgan fingerprint density at radius 3 is 2.52 bits per heavy atom. The van der Waals surface area contributed by atoms with Crippen molar-refractivity contribution >= 4 is 23.0 Å². The molecule has 1 aliphatic carbocycles. The molecule has 1 amide bonds. The van der Waals surface area contributed by atoms with Gasteiger partial charge in [0, 0.05) is 25.6 Å². The fourth-order valence-electron chi connectivity index (χ4n) is 4.49. The quantitative estimate of drug-likeness (QED) is 0.652. The highest BCUT2D eigenvalue weighted by molar-refractivity contribution is 5.94. The van der Waals surface area contributed by atoms with Crippen LogP contribution in [0.5, 0.6) is 5.75 Å². The summed E-state index contributed by atoms with van der Waals surface area (Å²) in [6.45, 7) is 3.04. The van der Waals surface area contributed by atoms with Gasteiger partial charge in [-0.2, -0.15) is 0 Å². The molecule has 4 rings (SSSR count). The largest absolute Gasteiger partial charge is 0.495 e. The Bertz CT molecular complexity index is 984.